The van der Waals surface area contributed by atoms with Crippen molar-refractivity contribution in [2.75, 3.05) is 0 Å². The van der Waals surface area contributed by atoms with Gasteiger partial charge in [0.05, 0.1) is 6.10 Å². The van der Waals surface area contributed by atoms with Crippen molar-refractivity contribution >= 4 is 0 Å². The fourth-order valence-electron chi connectivity index (χ4n) is 6.75. The average Bonchev–Trinajstić information content (AvgIpc) is 3.14. The van der Waals surface area contributed by atoms with Crippen molar-refractivity contribution in [3.05, 3.63) is 0 Å². The predicted molar refractivity (Wildman–Crippen MR) is 112 cm³/mol. The lowest BCUT2D eigenvalue weighted by atomic mass is 9.69. The molecular formula is C25H46O. The van der Waals surface area contributed by atoms with Crippen LogP contribution in [0.4, 0.5) is 0 Å². The molecule has 1 nitrogen and oxygen atoms in total. The van der Waals surface area contributed by atoms with Crippen LogP contribution in [0.15, 0.2) is 0 Å². The van der Waals surface area contributed by atoms with Crippen LogP contribution in [0.2, 0.25) is 0 Å². The van der Waals surface area contributed by atoms with Gasteiger partial charge in [0, 0.05) is 0 Å². The van der Waals surface area contributed by atoms with Crippen molar-refractivity contribution in [1.82, 2.24) is 0 Å². The van der Waals surface area contributed by atoms with E-state index in [-0.39, 0.29) is 6.10 Å². The lowest BCUT2D eigenvalue weighted by Crippen LogP contribution is -2.27. The molecule has 0 aromatic heterocycles. The van der Waals surface area contributed by atoms with Gasteiger partial charge in [-0.25, -0.2) is 0 Å². The van der Waals surface area contributed by atoms with Crippen molar-refractivity contribution in [2.45, 2.75) is 123 Å². The highest BCUT2D eigenvalue weighted by molar-refractivity contribution is 4.84. The molecule has 0 aromatic carbocycles. The van der Waals surface area contributed by atoms with Gasteiger partial charge in [0.15, 0.2) is 0 Å². The van der Waals surface area contributed by atoms with E-state index in [2.05, 4.69) is 13.8 Å². The first-order chi connectivity index (χ1) is 12.7. The average molecular weight is 363 g/mol. The van der Waals surface area contributed by atoms with E-state index in [4.69, 9.17) is 0 Å². The van der Waals surface area contributed by atoms with Crippen molar-refractivity contribution < 1.29 is 5.11 Å². The van der Waals surface area contributed by atoms with E-state index in [1.807, 2.05) is 0 Å². The Morgan fingerprint density at radius 2 is 1.46 bits per heavy atom. The highest BCUT2D eigenvalue weighted by Gasteiger charge is 2.33. The summed E-state index contributed by atoms with van der Waals surface area (Å²) in [6, 6.07) is 0. The molecular weight excluding hydrogens is 316 g/mol. The van der Waals surface area contributed by atoms with E-state index in [9.17, 15) is 5.11 Å². The molecule has 1 N–H and O–H groups in total. The highest BCUT2D eigenvalue weighted by atomic mass is 16.3. The molecule has 152 valence electrons. The second-order valence-electron chi connectivity index (χ2n) is 10.5. The summed E-state index contributed by atoms with van der Waals surface area (Å²) in [7, 11) is 0. The molecule has 4 unspecified atom stereocenters. The maximum absolute atomic E-state index is 9.76. The largest absolute Gasteiger partial charge is 0.393 e. The van der Waals surface area contributed by atoms with Gasteiger partial charge in [-0.05, 0) is 74.0 Å². The van der Waals surface area contributed by atoms with Crippen LogP contribution >= 0.6 is 0 Å². The Labute approximate surface area is 163 Å². The van der Waals surface area contributed by atoms with Crippen LogP contribution in [0, 0.1) is 35.5 Å². The number of hydrogen-bond donors (Lipinski definition) is 1. The van der Waals surface area contributed by atoms with Crippen LogP contribution < -0.4 is 0 Å². The van der Waals surface area contributed by atoms with Crippen molar-refractivity contribution in [3.8, 4) is 0 Å². The Hall–Kier alpha value is -0.0400. The monoisotopic (exact) mass is 362 g/mol. The molecule has 0 heterocycles. The lowest BCUT2D eigenvalue weighted by molar-refractivity contribution is 0.0983. The molecule has 0 amide bonds. The fraction of sp³-hybridized carbons (Fsp3) is 1.00. The molecule has 0 aliphatic heterocycles. The van der Waals surface area contributed by atoms with Gasteiger partial charge < -0.3 is 5.11 Å². The van der Waals surface area contributed by atoms with Gasteiger partial charge in [0.1, 0.15) is 0 Å². The molecule has 0 saturated heterocycles. The van der Waals surface area contributed by atoms with Crippen molar-refractivity contribution in [2.24, 2.45) is 35.5 Å². The first kappa shape index (κ1) is 20.7. The van der Waals surface area contributed by atoms with Gasteiger partial charge in [-0.3, -0.25) is 0 Å². The van der Waals surface area contributed by atoms with Crippen LogP contribution in [0.3, 0.4) is 0 Å². The first-order valence-corrected chi connectivity index (χ1v) is 12.3. The summed E-state index contributed by atoms with van der Waals surface area (Å²) in [5, 5.41) is 9.76. The van der Waals surface area contributed by atoms with E-state index in [1.54, 1.807) is 6.42 Å². The van der Waals surface area contributed by atoms with Crippen LogP contribution in [0.25, 0.3) is 0 Å². The van der Waals surface area contributed by atoms with E-state index >= 15 is 0 Å². The van der Waals surface area contributed by atoms with Crippen molar-refractivity contribution in [3.63, 3.8) is 0 Å². The van der Waals surface area contributed by atoms with Gasteiger partial charge in [0.2, 0.25) is 0 Å². The number of rotatable bonds is 8. The molecule has 3 fully saturated rings. The normalized spacial score (nSPS) is 36.1. The molecule has 26 heavy (non-hydrogen) atoms. The van der Waals surface area contributed by atoms with Gasteiger partial charge in [-0.1, -0.05) is 78.1 Å². The molecule has 1 heteroatoms. The third-order valence-electron chi connectivity index (χ3n) is 8.67. The van der Waals surface area contributed by atoms with E-state index in [0.29, 0.717) is 0 Å². The Balaban J connectivity index is 1.51. The second-order valence-corrected chi connectivity index (χ2v) is 10.5. The molecule has 3 aliphatic carbocycles. The minimum Gasteiger partial charge on any atom is -0.393 e. The molecule has 4 atom stereocenters. The topological polar surface area (TPSA) is 20.2 Å². The van der Waals surface area contributed by atoms with Gasteiger partial charge >= 0.3 is 0 Å². The molecule has 0 bridgehead atoms. The van der Waals surface area contributed by atoms with Crippen molar-refractivity contribution in [1.29, 1.82) is 0 Å². The van der Waals surface area contributed by atoms with E-state index < -0.39 is 0 Å². The van der Waals surface area contributed by atoms with Gasteiger partial charge in [0.25, 0.3) is 0 Å². The molecule has 3 saturated carbocycles. The van der Waals surface area contributed by atoms with Crippen LogP contribution in [-0.4, -0.2) is 11.2 Å². The first-order valence-electron chi connectivity index (χ1n) is 12.3. The number of aliphatic hydroxyl groups excluding tert-OH is 1. The molecule has 0 aromatic rings. The molecule has 3 aliphatic rings. The third-order valence-corrected chi connectivity index (χ3v) is 8.67. The second kappa shape index (κ2) is 10.5. The highest BCUT2D eigenvalue weighted by Crippen LogP contribution is 2.44. The Bertz CT molecular complexity index is 378. The standard InChI is InChI=1S/C25H46O/c1-3-20-11-12-22(17-20)18-25(23-7-5-4-6-8-23)19(2)9-10-21-13-15-24(26)16-14-21/h19-26H,3-18H2,1-2H3. The van der Waals surface area contributed by atoms with Crippen LogP contribution in [0.5, 0.6) is 0 Å². The minimum absolute atomic E-state index is 0.00698. The Kier molecular flexibility index (Phi) is 8.35. The minimum atomic E-state index is 0.00698. The zero-order chi connectivity index (χ0) is 18.4. The van der Waals surface area contributed by atoms with Crippen LogP contribution in [-0.2, 0) is 0 Å². The smallest absolute Gasteiger partial charge is 0.0540 e. The molecule has 3 rings (SSSR count). The summed E-state index contributed by atoms with van der Waals surface area (Å²) >= 11 is 0. The Morgan fingerprint density at radius 1 is 0.808 bits per heavy atom. The molecule has 0 radical (unpaired) electrons. The lowest BCUT2D eigenvalue weighted by Gasteiger charge is -2.37. The zero-order valence-corrected chi connectivity index (χ0v) is 17.8. The van der Waals surface area contributed by atoms with Gasteiger partial charge in [-0.2, -0.15) is 0 Å². The fourth-order valence-corrected chi connectivity index (χ4v) is 6.75. The third kappa shape index (κ3) is 5.98. The summed E-state index contributed by atoms with van der Waals surface area (Å²) in [5.74, 6) is 5.95. The van der Waals surface area contributed by atoms with Crippen LogP contribution in [0.1, 0.15) is 117 Å². The summed E-state index contributed by atoms with van der Waals surface area (Å²) in [5.41, 5.74) is 0. The summed E-state index contributed by atoms with van der Waals surface area (Å²) in [6.45, 7) is 5.00. The Morgan fingerprint density at radius 3 is 2.12 bits per heavy atom. The summed E-state index contributed by atoms with van der Waals surface area (Å²) in [4.78, 5) is 0. The zero-order valence-electron chi connectivity index (χ0n) is 17.8. The van der Waals surface area contributed by atoms with E-state index in [1.165, 1.54) is 83.5 Å². The summed E-state index contributed by atoms with van der Waals surface area (Å²) < 4.78 is 0. The maximum Gasteiger partial charge on any atom is 0.0540 e. The molecule has 0 spiro atoms. The summed E-state index contributed by atoms with van der Waals surface area (Å²) in [6.07, 6.45) is 22.6. The SMILES string of the molecule is CCC1CCC(CC(C(C)CCC2CCC(O)CC2)C2CCCCC2)C1. The van der Waals surface area contributed by atoms with Gasteiger partial charge in [-0.15, -0.1) is 0 Å². The quantitative estimate of drug-likeness (QED) is 0.478. The predicted octanol–water partition coefficient (Wildman–Crippen LogP) is 7.37. The van der Waals surface area contributed by atoms with E-state index in [0.717, 1.165) is 48.3 Å². The number of hydrogen-bond acceptors (Lipinski definition) is 1. The number of aliphatic hydroxyl groups is 1. The maximum atomic E-state index is 9.76.